The molecule has 39 heavy (non-hydrogen) atoms. The Kier molecular flexibility index (Phi) is 8.34. The quantitative estimate of drug-likeness (QED) is 0.513. The van der Waals surface area contributed by atoms with Gasteiger partial charge < -0.3 is 19.5 Å². The van der Waals surface area contributed by atoms with Crippen LogP contribution in [0.5, 0.6) is 0 Å². The molecule has 3 fully saturated rings. The number of aliphatic hydroxyl groups is 1. The van der Waals surface area contributed by atoms with Gasteiger partial charge in [-0.15, -0.1) is 0 Å². The minimum absolute atomic E-state index is 0.133. The summed E-state index contributed by atoms with van der Waals surface area (Å²) in [5, 5.41) is 16.1. The normalized spacial score (nSPS) is 23.3. The number of carbonyl (C=O) groups excluding carboxylic acids is 2. The summed E-state index contributed by atoms with van der Waals surface area (Å²) < 4.78 is 1.53. The zero-order valence-electron chi connectivity index (χ0n) is 23.5. The van der Waals surface area contributed by atoms with Gasteiger partial charge in [0.25, 0.3) is 11.5 Å². The maximum atomic E-state index is 13.4. The van der Waals surface area contributed by atoms with Gasteiger partial charge in [-0.3, -0.25) is 14.4 Å². The number of pyridine rings is 1. The maximum absolute atomic E-state index is 13.4. The number of carbonyl (C=O) groups is 2. The molecule has 1 N–H and O–H groups in total. The van der Waals surface area contributed by atoms with E-state index in [4.69, 9.17) is 0 Å². The number of likely N-dealkylation sites (tertiary alicyclic amines) is 1. The molecule has 1 saturated heterocycles. The van der Waals surface area contributed by atoms with E-state index in [9.17, 15) is 19.5 Å². The van der Waals surface area contributed by atoms with Crippen molar-refractivity contribution < 1.29 is 14.7 Å². The predicted octanol–water partition coefficient (Wildman–Crippen LogP) is 5.16. The summed E-state index contributed by atoms with van der Waals surface area (Å²) in [6, 6.07) is 3.45. The van der Waals surface area contributed by atoms with Gasteiger partial charge in [-0.2, -0.15) is 11.3 Å². The van der Waals surface area contributed by atoms with Crippen LogP contribution < -0.4 is 5.56 Å². The molecule has 8 heteroatoms. The van der Waals surface area contributed by atoms with Gasteiger partial charge in [0.2, 0.25) is 5.91 Å². The van der Waals surface area contributed by atoms with Crippen LogP contribution >= 0.6 is 11.3 Å². The van der Waals surface area contributed by atoms with Crippen molar-refractivity contribution in [2.24, 2.45) is 11.3 Å². The molecule has 2 amide bonds. The lowest BCUT2D eigenvalue weighted by atomic mass is 9.65. The molecule has 0 aromatic carbocycles. The first-order valence-corrected chi connectivity index (χ1v) is 15.6. The lowest BCUT2D eigenvalue weighted by molar-refractivity contribution is -0.160. The van der Waals surface area contributed by atoms with Crippen LogP contribution in [0, 0.1) is 11.3 Å². The summed E-state index contributed by atoms with van der Waals surface area (Å²) in [5.74, 6) is 0.712. The highest BCUT2D eigenvalue weighted by Crippen LogP contribution is 2.51. The third kappa shape index (κ3) is 5.73. The van der Waals surface area contributed by atoms with Crippen LogP contribution in [-0.2, 0) is 11.3 Å². The highest BCUT2D eigenvalue weighted by Gasteiger charge is 2.55. The van der Waals surface area contributed by atoms with Crippen LogP contribution in [-0.4, -0.2) is 64.1 Å². The fourth-order valence-corrected chi connectivity index (χ4v) is 7.98. The summed E-state index contributed by atoms with van der Waals surface area (Å²) >= 11 is 1.52. The van der Waals surface area contributed by atoms with E-state index >= 15 is 0 Å². The number of piperidine rings is 1. The standard InChI is InChI=1S/C31H43N3O4S/c1-32(2)29(37)26-19-34(28(36)18-25(26)24-12-17-39-20-24)22-31(38)15-16-33(21-30(31)13-6-7-14-30)27(35)11-10-23-8-4-3-5-9-23/h12,17-20,23,38H,3-11,13-16,21-22H2,1-2H3. The Balaban J connectivity index is 1.38. The fourth-order valence-electron chi connectivity index (χ4n) is 7.32. The molecule has 2 aromatic rings. The molecule has 1 spiro atoms. The Hall–Kier alpha value is -2.45. The average Bonchev–Trinajstić information content (AvgIpc) is 3.64. The zero-order valence-corrected chi connectivity index (χ0v) is 24.3. The lowest BCUT2D eigenvalue weighted by Gasteiger charge is -2.52. The monoisotopic (exact) mass is 553 g/mol. The molecule has 2 saturated carbocycles. The first-order chi connectivity index (χ1) is 18.7. The van der Waals surface area contributed by atoms with Crippen molar-refractivity contribution >= 4 is 23.2 Å². The van der Waals surface area contributed by atoms with Gasteiger partial charge in [0.15, 0.2) is 0 Å². The lowest BCUT2D eigenvalue weighted by Crippen LogP contribution is -2.62. The predicted molar refractivity (Wildman–Crippen MR) is 155 cm³/mol. The van der Waals surface area contributed by atoms with Crippen LogP contribution in [0.25, 0.3) is 11.1 Å². The van der Waals surface area contributed by atoms with Crippen molar-refractivity contribution in [2.45, 2.75) is 89.2 Å². The molecule has 1 unspecified atom stereocenters. The topological polar surface area (TPSA) is 82.8 Å². The molecule has 0 bridgehead atoms. The molecule has 5 rings (SSSR count). The molecule has 0 radical (unpaired) electrons. The number of hydrogen-bond donors (Lipinski definition) is 1. The van der Waals surface area contributed by atoms with Gasteiger partial charge in [0, 0.05) is 56.8 Å². The van der Waals surface area contributed by atoms with E-state index in [1.807, 2.05) is 21.7 Å². The van der Waals surface area contributed by atoms with Gasteiger partial charge in [-0.25, -0.2) is 0 Å². The van der Waals surface area contributed by atoms with E-state index < -0.39 is 11.0 Å². The van der Waals surface area contributed by atoms with Crippen molar-refractivity contribution in [3.63, 3.8) is 0 Å². The van der Waals surface area contributed by atoms with Crippen molar-refractivity contribution in [3.05, 3.63) is 45.0 Å². The van der Waals surface area contributed by atoms with E-state index in [0.29, 0.717) is 43.0 Å². The fraction of sp³-hybridized carbons (Fsp3) is 0.645. The Labute approximate surface area is 235 Å². The van der Waals surface area contributed by atoms with Crippen LogP contribution in [0.4, 0.5) is 0 Å². The van der Waals surface area contributed by atoms with E-state index in [-0.39, 0.29) is 23.9 Å². The van der Waals surface area contributed by atoms with Crippen LogP contribution in [0.2, 0.25) is 0 Å². The van der Waals surface area contributed by atoms with Crippen molar-refractivity contribution in [1.82, 2.24) is 14.4 Å². The Morgan fingerprint density at radius 3 is 2.51 bits per heavy atom. The Morgan fingerprint density at radius 2 is 1.85 bits per heavy atom. The first kappa shape index (κ1) is 28.1. The number of nitrogens with zero attached hydrogens (tertiary/aromatic N) is 3. The molecule has 3 aliphatic rings. The van der Waals surface area contributed by atoms with Gasteiger partial charge in [0.1, 0.15) is 0 Å². The van der Waals surface area contributed by atoms with Gasteiger partial charge in [0.05, 0.1) is 17.7 Å². The number of thiophene rings is 1. The van der Waals surface area contributed by atoms with E-state index in [0.717, 1.165) is 37.7 Å². The summed E-state index contributed by atoms with van der Waals surface area (Å²) in [7, 11) is 3.41. The number of rotatable bonds is 7. The second kappa shape index (κ2) is 11.6. The van der Waals surface area contributed by atoms with Gasteiger partial charge >= 0.3 is 0 Å². The molecule has 212 valence electrons. The molecule has 7 nitrogen and oxygen atoms in total. The third-order valence-corrected chi connectivity index (χ3v) is 10.4. The van der Waals surface area contributed by atoms with Crippen molar-refractivity contribution in [2.75, 3.05) is 27.2 Å². The highest BCUT2D eigenvalue weighted by atomic mass is 32.1. The summed E-state index contributed by atoms with van der Waals surface area (Å²) in [6.45, 7) is 1.19. The highest BCUT2D eigenvalue weighted by molar-refractivity contribution is 7.08. The molecule has 2 aromatic heterocycles. The molecule has 1 aliphatic heterocycles. The zero-order chi connectivity index (χ0) is 27.6. The maximum Gasteiger partial charge on any atom is 0.255 e. The van der Waals surface area contributed by atoms with Gasteiger partial charge in [-0.1, -0.05) is 44.9 Å². The van der Waals surface area contributed by atoms with E-state index in [1.165, 1.54) is 59.0 Å². The SMILES string of the molecule is CN(C)C(=O)c1cn(CC2(O)CCN(C(=O)CCC3CCCCC3)CC23CCCC3)c(=O)cc1-c1ccsc1. The van der Waals surface area contributed by atoms with E-state index in [2.05, 4.69) is 0 Å². The first-order valence-electron chi connectivity index (χ1n) is 14.7. The third-order valence-electron chi connectivity index (χ3n) is 9.71. The van der Waals surface area contributed by atoms with Gasteiger partial charge in [-0.05, 0) is 54.0 Å². The molecule has 2 aliphatic carbocycles. The smallest absolute Gasteiger partial charge is 0.255 e. The summed E-state index contributed by atoms with van der Waals surface area (Å²) in [5.41, 5.74) is 0.160. The minimum Gasteiger partial charge on any atom is -0.387 e. The number of amides is 2. The summed E-state index contributed by atoms with van der Waals surface area (Å²) in [6.07, 6.45) is 13.8. The molecule has 1 atom stereocenters. The molecular weight excluding hydrogens is 510 g/mol. The molecule has 3 heterocycles. The van der Waals surface area contributed by atoms with Crippen LogP contribution in [0.15, 0.2) is 33.9 Å². The summed E-state index contributed by atoms with van der Waals surface area (Å²) in [4.78, 5) is 43.3. The van der Waals surface area contributed by atoms with Crippen molar-refractivity contribution in [1.29, 1.82) is 0 Å². The van der Waals surface area contributed by atoms with Crippen molar-refractivity contribution in [3.8, 4) is 11.1 Å². The average molecular weight is 554 g/mol. The largest absolute Gasteiger partial charge is 0.387 e. The minimum atomic E-state index is -1.12. The number of hydrogen-bond acceptors (Lipinski definition) is 5. The second-order valence-electron chi connectivity index (χ2n) is 12.4. The second-order valence-corrected chi connectivity index (χ2v) is 13.2. The molecular formula is C31H43N3O4S. The van der Waals surface area contributed by atoms with Crippen LogP contribution in [0.3, 0.4) is 0 Å². The Morgan fingerprint density at radius 1 is 1.10 bits per heavy atom. The van der Waals surface area contributed by atoms with Crippen LogP contribution in [0.1, 0.15) is 87.4 Å². The van der Waals surface area contributed by atoms with E-state index in [1.54, 1.807) is 20.3 Å². The Bertz CT molecular complexity index is 1220. The number of aromatic nitrogens is 1.